The molecule has 4 rings (SSSR count). The van der Waals surface area contributed by atoms with Crippen LogP contribution >= 0.6 is 19.8 Å². The summed E-state index contributed by atoms with van der Waals surface area (Å²) in [6.45, 7) is 19.1. The van der Waals surface area contributed by atoms with Crippen molar-refractivity contribution in [3.05, 3.63) is 24.8 Å². The predicted molar refractivity (Wildman–Crippen MR) is 165 cm³/mol. The lowest BCUT2D eigenvalue weighted by atomic mass is 9.77. The Kier molecular flexibility index (Phi) is 9.49. The van der Waals surface area contributed by atoms with Gasteiger partial charge in [-0.15, -0.1) is 9.05 Å². The van der Waals surface area contributed by atoms with Gasteiger partial charge in [-0.3, -0.25) is 4.57 Å². The first kappa shape index (κ1) is 31.9. The molecule has 2 aliphatic rings. The number of anilines is 1. The molecule has 222 valence electrons. The van der Waals surface area contributed by atoms with E-state index in [-0.39, 0.29) is 28.3 Å². The van der Waals surface area contributed by atoms with E-state index >= 15 is 4.39 Å². The van der Waals surface area contributed by atoms with Crippen molar-refractivity contribution in [3.63, 3.8) is 0 Å². The van der Waals surface area contributed by atoms with Gasteiger partial charge in [-0.1, -0.05) is 32.9 Å². The quantitative estimate of drug-likeness (QED) is 0.143. The van der Waals surface area contributed by atoms with Gasteiger partial charge in [0.05, 0.1) is 12.9 Å². The highest BCUT2D eigenvalue weighted by molar-refractivity contribution is 8.00. The lowest BCUT2D eigenvalue weighted by Crippen LogP contribution is -2.44. The molecule has 9 nitrogen and oxygen atoms in total. The molecule has 3 heterocycles. The van der Waals surface area contributed by atoms with Crippen molar-refractivity contribution in [2.75, 3.05) is 12.3 Å². The van der Waals surface area contributed by atoms with Crippen LogP contribution in [0.25, 0.3) is 11.2 Å². The molecule has 1 aliphatic carbocycles. The number of nitrogens with zero attached hydrogens (tertiary/aromatic N) is 4. The standard InChI is InChI=1S/C26H41FN5O4PS2Si/c1-15(2)16-9-10-26(6,38)18(11-16)35-37(39)36-21-17(12-33-40(7,8)25(3,4)5)34-24(19(21)27)32-14-31-20-22(28)29-13-30-23(20)32/h13-14,16-19,21,24H,1,9-12H2,2-8H3,(H2-,28,29,30,38)/p+1/t16-,17+,18+,19+,21+,24+,26+/m0/s1. The number of allylic oxidation sites excluding steroid dienone is 1. The van der Waals surface area contributed by atoms with Gasteiger partial charge in [0, 0.05) is 4.75 Å². The Bertz CT molecular complexity index is 1260. The first-order valence-corrected chi connectivity index (χ1v) is 19.1. The lowest BCUT2D eigenvalue weighted by molar-refractivity contribution is -0.0414. The summed E-state index contributed by atoms with van der Waals surface area (Å²) in [6, 6.07) is 0. The third-order valence-electron chi connectivity index (χ3n) is 8.65. The van der Waals surface area contributed by atoms with E-state index in [2.05, 4.69) is 55.4 Å². The van der Waals surface area contributed by atoms with Crippen LogP contribution < -0.4 is 5.73 Å². The van der Waals surface area contributed by atoms with E-state index in [4.69, 9.17) is 48.4 Å². The zero-order valence-electron chi connectivity index (χ0n) is 24.3. The maximum absolute atomic E-state index is 16.3. The van der Waals surface area contributed by atoms with Crippen LogP contribution in [0.1, 0.15) is 60.1 Å². The van der Waals surface area contributed by atoms with Crippen LogP contribution in [-0.2, 0) is 30.0 Å². The number of ether oxygens (including phenoxy) is 1. The molecule has 1 unspecified atom stereocenters. The SMILES string of the molecule is C=C(C)[C@H]1CC[C@@](C)(S)[C@H](O[P+](=S)O[C@H]2[C@@H](F)[C@H](n3cnc4c(N)ncnc43)O[C@@H]2CO[Si](C)(C)C(C)(C)C)C1. The summed E-state index contributed by atoms with van der Waals surface area (Å²) >= 11 is 10.5. The number of rotatable bonds is 9. The van der Waals surface area contributed by atoms with E-state index in [0.717, 1.165) is 24.8 Å². The van der Waals surface area contributed by atoms with Crippen LogP contribution in [-0.4, -0.2) is 63.7 Å². The van der Waals surface area contributed by atoms with Crippen molar-refractivity contribution in [2.24, 2.45) is 5.92 Å². The molecular weight excluding hydrogens is 589 g/mol. The average molecular weight is 631 g/mol. The number of hydrogen-bond acceptors (Lipinski definition) is 10. The summed E-state index contributed by atoms with van der Waals surface area (Å²) in [5.41, 5.74) is 7.82. The smallest absolute Gasteiger partial charge is 0.414 e. The molecule has 2 N–H and O–H groups in total. The number of nitrogens with two attached hydrogens (primary N) is 1. The predicted octanol–water partition coefficient (Wildman–Crippen LogP) is 6.27. The number of nitrogen functional groups attached to an aromatic ring is 1. The largest absolute Gasteiger partial charge is 0.522 e. The van der Waals surface area contributed by atoms with Gasteiger partial charge in [0.25, 0.3) is 0 Å². The second-order valence-corrected chi connectivity index (χ2v) is 20.3. The second kappa shape index (κ2) is 11.9. The maximum Gasteiger partial charge on any atom is 0.522 e. The fourth-order valence-electron chi connectivity index (χ4n) is 4.83. The van der Waals surface area contributed by atoms with Gasteiger partial charge in [0.15, 0.2) is 38.3 Å². The van der Waals surface area contributed by atoms with E-state index in [1.165, 1.54) is 17.2 Å². The summed E-state index contributed by atoms with van der Waals surface area (Å²) < 4.78 is 42.6. The molecule has 14 heteroatoms. The first-order valence-electron chi connectivity index (χ1n) is 13.6. The molecule has 0 amide bonds. The molecule has 0 spiro atoms. The molecule has 1 saturated carbocycles. The third-order valence-corrected chi connectivity index (χ3v) is 15.0. The van der Waals surface area contributed by atoms with Crippen LogP contribution in [0.3, 0.4) is 0 Å². The summed E-state index contributed by atoms with van der Waals surface area (Å²) in [5.74, 6) is 0.534. The number of imidazole rings is 1. The number of alkyl halides is 1. The van der Waals surface area contributed by atoms with Crippen molar-refractivity contribution >= 4 is 56.9 Å². The van der Waals surface area contributed by atoms with Crippen molar-refractivity contribution < 1.29 is 22.6 Å². The average Bonchev–Trinajstić information content (AvgIpc) is 3.40. The molecule has 0 radical (unpaired) electrons. The van der Waals surface area contributed by atoms with E-state index in [9.17, 15) is 0 Å². The minimum absolute atomic E-state index is 0.0307. The minimum atomic E-state index is -2.16. The van der Waals surface area contributed by atoms with Crippen molar-refractivity contribution in [1.29, 1.82) is 0 Å². The summed E-state index contributed by atoms with van der Waals surface area (Å²) in [5, 5.41) is -0.0307. The number of aromatic nitrogens is 4. The highest BCUT2D eigenvalue weighted by atomic mass is 32.4. The summed E-state index contributed by atoms with van der Waals surface area (Å²) in [4.78, 5) is 12.5. The van der Waals surface area contributed by atoms with Gasteiger partial charge in [0.1, 0.15) is 24.1 Å². The van der Waals surface area contributed by atoms with Gasteiger partial charge >= 0.3 is 7.15 Å². The minimum Gasteiger partial charge on any atom is -0.414 e. The van der Waals surface area contributed by atoms with Crippen molar-refractivity contribution in [1.82, 2.24) is 19.5 Å². The molecule has 1 aliphatic heterocycles. The van der Waals surface area contributed by atoms with E-state index in [1.807, 2.05) is 13.8 Å². The zero-order chi connectivity index (χ0) is 29.6. The molecule has 1 saturated heterocycles. The van der Waals surface area contributed by atoms with Crippen molar-refractivity contribution in [2.45, 2.75) is 107 Å². The summed E-state index contributed by atoms with van der Waals surface area (Å²) in [7, 11) is -4.03. The highest BCUT2D eigenvalue weighted by Gasteiger charge is 2.53. The Morgan fingerprint density at radius 3 is 2.70 bits per heavy atom. The topological polar surface area (TPSA) is 107 Å². The summed E-state index contributed by atoms with van der Waals surface area (Å²) in [6.07, 6.45) is 0.748. The van der Waals surface area contributed by atoms with Gasteiger partial charge < -0.3 is 14.9 Å². The monoisotopic (exact) mass is 630 g/mol. The fourth-order valence-corrected chi connectivity index (χ4v) is 7.85. The maximum atomic E-state index is 16.3. The van der Waals surface area contributed by atoms with Gasteiger partial charge in [-0.2, -0.15) is 12.6 Å². The Labute approximate surface area is 248 Å². The third kappa shape index (κ3) is 6.62. The molecule has 2 aromatic rings. The highest BCUT2D eigenvalue weighted by Crippen LogP contribution is 2.47. The molecule has 8 atom stereocenters. The molecule has 2 aromatic heterocycles. The van der Waals surface area contributed by atoms with Gasteiger partial charge in [-0.25, -0.2) is 19.3 Å². The number of fused-ring (bicyclic) bond motifs is 1. The molecule has 2 fully saturated rings. The van der Waals surface area contributed by atoms with E-state index < -0.39 is 40.1 Å². The van der Waals surface area contributed by atoms with Crippen LogP contribution in [0, 0.1) is 5.92 Å². The Morgan fingerprint density at radius 2 is 2.05 bits per heavy atom. The Morgan fingerprint density at radius 1 is 1.35 bits per heavy atom. The molecular formula is C26H42FN5O4PS2Si+. The van der Waals surface area contributed by atoms with E-state index in [1.54, 1.807) is 0 Å². The lowest BCUT2D eigenvalue weighted by Gasteiger charge is -2.38. The number of thiol groups is 1. The first-order chi connectivity index (χ1) is 18.5. The van der Waals surface area contributed by atoms with Crippen molar-refractivity contribution in [3.8, 4) is 0 Å². The fraction of sp³-hybridized carbons (Fsp3) is 0.731. The van der Waals surface area contributed by atoms with Gasteiger partial charge in [-0.05, 0) is 57.2 Å². The zero-order valence-corrected chi connectivity index (χ0v) is 27.9. The Balaban J connectivity index is 1.56. The molecule has 0 bridgehead atoms. The molecule has 40 heavy (non-hydrogen) atoms. The Hall–Kier alpha value is -1.05. The van der Waals surface area contributed by atoms with Crippen LogP contribution in [0.15, 0.2) is 24.8 Å². The second-order valence-electron chi connectivity index (χ2n) is 12.7. The van der Waals surface area contributed by atoms with Crippen LogP contribution in [0.5, 0.6) is 0 Å². The van der Waals surface area contributed by atoms with E-state index in [0.29, 0.717) is 17.1 Å². The number of hydrogen-bond donors (Lipinski definition) is 2. The van der Waals surface area contributed by atoms with Crippen LogP contribution in [0.4, 0.5) is 10.2 Å². The molecule has 0 aromatic carbocycles. The normalized spacial score (nSPS) is 32.0. The van der Waals surface area contributed by atoms with Gasteiger partial charge in [0.2, 0.25) is 11.8 Å². The van der Waals surface area contributed by atoms with Crippen LogP contribution in [0.2, 0.25) is 18.1 Å². The number of halogens is 1.